The number of carbonyl (C=O) groups excluding carboxylic acids is 2. The molecule has 0 N–H and O–H groups in total. The van der Waals surface area contributed by atoms with Crippen molar-refractivity contribution in [1.82, 2.24) is 10.1 Å². The minimum atomic E-state index is -0.600. The Hall–Kier alpha value is -3.00. The lowest BCUT2D eigenvalue weighted by Crippen LogP contribution is -2.30. The quantitative estimate of drug-likeness (QED) is 0.612. The van der Waals surface area contributed by atoms with Gasteiger partial charge in [0.15, 0.2) is 12.4 Å². The molecule has 0 aliphatic carbocycles. The van der Waals surface area contributed by atoms with E-state index in [1.54, 1.807) is 11.8 Å². The molecule has 0 spiro atoms. The monoisotopic (exact) mass is 397 g/mol. The number of aromatic nitrogens is 2. The summed E-state index contributed by atoms with van der Waals surface area (Å²) in [6.45, 7) is 3.58. The van der Waals surface area contributed by atoms with Gasteiger partial charge < -0.3 is 14.2 Å². The van der Waals surface area contributed by atoms with Gasteiger partial charge in [0.1, 0.15) is 0 Å². The fourth-order valence-corrected chi connectivity index (χ4v) is 4.26. The molecule has 7 nitrogen and oxygen atoms in total. The summed E-state index contributed by atoms with van der Waals surface area (Å²) in [6, 6.07) is 11.2. The topological polar surface area (TPSA) is 85.5 Å². The normalized spacial score (nSPS) is 19.2. The van der Waals surface area contributed by atoms with Gasteiger partial charge in [0.2, 0.25) is 5.91 Å². The van der Waals surface area contributed by atoms with Crippen LogP contribution < -0.4 is 4.90 Å². The molecule has 1 fully saturated rings. The molecule has 0 bridgehead atoms. The third kappa shape index (κ3) is 3.55. The maximum Gasteiger partial charge on any atom is 0.312 e. The summed E-state index contributed by atoms with van der Waals surface area (Å²) < 4.78 is 10.4. The summed E-state index contributed by atoms with van der Waals surface area (Å²) in [5, 5.41) is 5.62. The number of hydrogen-bond acceptors (Lipinski definition) is 7. The van der Waals surface area contributed by atoms with Gasteiger partial charge in [0, 0.05) is 17.0 Å². The van der Waals surface area contributed by atoms with Crippen molar-refractivity contribution in [2.75, 3.05) is 4.90 Å². The van der Waals surface area contributed by atoms with Gasteiger partial charge in [-0.25, -0.2) is 0 Å². The second-order valence-electron chi connectivity index (χ2n) is 6.71. The Balaban J connectivity index is 1.60. The fraction of sp³-hybridized carbons (Fsp3) is 0.300. The van der Waals surface area contributed by atoms with Crippen LogP contribution in [0.3, 0.4) is 0 Å². The van der Waals surface area contributed by atoms with Crippen LogP contribution in [0, 0.1) is 19.8 Å². The van der Waals surface area contributed by atoms with E-state index in [2.05, 4.69) is 10.1 Å². The van der Waals surface area contributed by atoms with E-state index in [9.17, 15) is 9.59 Å². The Kier molecular flexibility index (Phi) is 4.95. The maximum atomic E-state index is 12.8. The van der Waals surface area contributed by atoms with Crippen LogP contribution in [0.15, 0.2) is 46.3 Å². The molecule has 4 rings (SSSR count). The number of carbonyl (C=O) groups is 2. The first-order chi connectivity index (χ1) is 13.5. The van der Waals surface area contributed by atoms with E-state index >= 15 is 0 Å². The second kappa shape index (κ2) is 7.55. The van der Waals surface area contributed by atoms with Gasteiger partial charge in [-0.3, -0.25) is 9.59 Å². The zero-order chi connectivity index (χ0) is 19.7. The van der Waals surface area contributed by atoms with Crippen LogP contribution in [0.25, 0.3) is 0 Å². The third-order valence-electron chi connectivity index (χ3n) is 4.68. The maximum absolute atomic E-state index is 12.8. The van der Waals surface area contributed by atoms with Crippen LogP contribution in [0.5, 0.6) is 0 Å². The molecule has 1 aromatic carbocycles. The molecular formula is C20H19N3O4S. The number of nitrogens with zero attached hydrogens (tertiary/aromatic N) is 3. The Morgan fingerprint density at radius 1 is 1.29 bits per heavy atom. The molecule has 144 valence electrons. The van der Waals surface area contributed by atoms with E-state index in [-0.39, 0.29) is 24.8 Å². The highest BCUT2D eigenvalue weighted by Gasteiger charge is 2.46. The van der Waals surface area contributed by atoms with E-state index in [0.29, 0.717) is 5.82 Å². The minimum Gasteiger partial charge on any atom is -0.455 e. The molecule has 1 saturated heterocycles. The molecule has 28 heavy (non-hydrogen) atoms. The molecule has 0 radical (unpaired) electrons. The van der Waals surface area contributed by atoms with Gasteiger partial charge in [0.25, 0.3) is 5.89 Å². The van der Waals surface area contributed by atoms with Crippen LogP contribution >= 0.6 is 11.3 Å². The molecule has 3 heterocycles. The van der Waals surface area contributed by atoms with Crippen molar-refractivity contribution < 1.29 is 18.8 Å². The number of anilines is 1. The molecule has 1 aliphatic heterocycles. The lowest BCUT2D eigenvalue weighted by molar-refractivity contribution is -0.151. The van der Waals surface area contributed by atoms with Crippen molar-refractivity contribution >= 4 is 28.9 Å². The van der Waals surface area contributed by atoms with E-state index in [1.165, 1.54) is 11.3 Å². The van der Waals surface area contributed by atoms with E-state index in [1.807, 2.05) is 48.7 Å². The van der Waals surface area contributed by atoms with Crippen molar-refractivity contribution in [2.24, 2.45) is 5.92 Å². The van der Waals surface area contributed by atoms with Gasteiger partial charge in [-0.05, 0) is 37.4 Å². The first kappa shape index (κ1) is 18.4. The molecular weight excluding hydrogens is 378 g/mol. The van der Waals surface area contributed by atoms with Crippen molar-refractivity contribution in [3.05, 3.63) is 63.9 Å². The molecule has 1 aliphatic rings. The number of amides is 1. The highest BCUT2D eigenvalue weighted by atomic mass is 32.1. The largest absolute Gasteiger partial charge is 0.455 e. The van der Waals surface area contributed by atoms with Crippen LogP contribution in [-0.4, -0.2) is 22.0 Å². The smallest absolute Gasteiger partial charge is 0.312 e. The Morgan fingerprint density at radius 3 is 2.71 bits per heavy atom. The molecule has 1 amide bonds. The summed E-state index contributed by atoms with van der Waals surface area (Å²) in [4.78, 5) is 32.3. The SMILES string of the molecule is Cc1ccc(N2C(=O)C[C@@H](C(=O)OCc3nc(C)no3)[C@H]2c2cccs2)cc1. The van der Waals surface area contributed by atoms with Gasteiger partial charge in [-0.2, -0.15) is 4.98 Å². The summed E-state index contributed by atoms with van der Waals surface area (Å²) in [5.41, 5.74) is 1.88. The molecule has 8 heteroatoms. The van der Waals surface area contributed by atoms with Crippen LogP contribution in [0.2, 0.25) is 0 Å². The van der Waals surface area contributed by atoms with Gasteiger partial charge in [0.05, 0.1) is 12.0 Å². The van der Waals surface area contributed by atoms with E-state index < -0.39 is 17.9 Å². The molecule has 0 unspecified atom stereocenters. The molecule has 0 saturated carbocycles. The summed E-state index contributed by atoms with van der Waals surface area (Å²) in [6.07, 6.45) is 0.0954. The van der Waals surface area contributed by atoms with E-state index in [4.69, 9.17) is 9.26 Å². The third-order valence-corrected chi connectivity index (χ3v) is 5.62. The van der Waals surface area contributed by atoms with Crippen molar-refractivity contribution in [2.45, 2.75) is 32.9 Å². The van der Waals surface area contributed by atoms with Crippen molar-refractivity contribution in [1.29, 1.82) is 0 Å². The van der Waals surface area contributed by atoms with Crippen molar-refractivity contribution in [3.8, 4) is 0 Å². The number of aryl methyl sites for hydroxylation is 2. The van der Waals surface area contributed by atoms with Crippen molar-refractivity contribution in [3.63, 3.8) is 0 Å². The number of hydrogen-bond donors (Lipinski definition) is 0. The average molecular weight is 397 g/mol. The number of rotatable bonds is 5. The average Bonchev–Trinajstić information content (AvgIpc) is 3.40. The number of benzene rings is 1. The first-order valence-electron chi connectivity index (χ1n) is 8.91. The number of thiophene rings is 1. The first-order valence-corrected chi connectivity index (χ1v) is 9.79. The predicted octanol–water partition coefficient (Wildman–Crippen LogP) is 3.59. The van der Waals surface area contributed by atoms with Gasteiger partial charge in [-0.1, -0.05) is 28.9 Å². The van der Waals surface area contributed by atoms with Crippen LogP contribution in [0.4, 0.5) is 5.69 Å². The molecule has 2 aromatic heterocycles. The second-order valence-corrected chi connectivity index (χ2v) is 7.69. The van der Waals surface area contributed by atoms with Crippen LogP contribution in [0.1, 0.15) is 34.6 Å². The molecule has 3 aromatic rings. The van der Waals surface area contributed by atoms with Gasteiger partial charge in [-0.15, -0.1) is 11.3 Å². The van der Waals surface area contributed by atoms with Gasteiger partial charge >= 0.3 is 5.97 Å². The fourth-order valence-electron chi connectivity index (χ4n) is 3.38. The zero-order valence-electron chi connectivity index (χ0n) is 15.5. The Bertz CT molecular complexity index is 981. The predicted molar refractivity (Wildman–Crippen MR) is 103 cm³/mol. The standard InChI is InChI=1S/C20H19N3O4S/c1-12-5-7-14(8-6-12)23-18(24)10-15(19(23)16-4-3-9-28-16)20(25)26-11-17-21-13(2)22-27-17/h3-9,15,19H,10-11H2,1-2H3/t15-,19+/m1/s1. The number of ether oxygens (including phenoxy) is 1. The summed E-state index contributed by atoms with van der Waals surface area (Å²) in [5.74, 6) is -0.436. The Labute approximate surface area is 165 Å². The minimum absolute atomic E-state index is 0.0954. The highest BCUT2D eigenvalue weighted by Crippen LogP contribution is 2.43. The summed E-state index contributed by atoms with van der Waals surface area (Å²) >= 11 is 1.52. The van der Waals surface area contributed by atoms with E-state index in [0.717, 1.165) is 16.1 Å². The van der Waals surface area contributed by atoms with Crippen LogP contribution in [-0.2, 0) is 20.9 Å². The summed E-state index contributed by atoms with van der Waals surface area (Å²) in [7, 11) is 0. The zero-order valence-corrected chi connectivity index (χ0v) is 16.3. The molecule has 2 atom stereocenters. The highest BCUT2D eigenvalue weighted by molar-refractivity contribution is 7.10. The lowest BCUT2D eigenvalue weighted by atomic mass is 9.99. The Morgan fingerprint density at radius 2 is 2.07 bits per heavy atom. The number of esters is 1. The lowest BCUT2D eigenvalue weighted by Gasteiger charge is -2.27.